The molecule has 0 bridgehead atoms. The Labute approximate surface area is 129 Å². The number of piperidine rings is 1. The van der Waals surface area contributed by atoms with Crippen LogP contribution < -0.4 is 5.32 Å². The predicted octanol–water partition coefficient (Wildman–Crippen LogP) is 1.63. The molecule has 0 aliphatic carbocycles. The minimum Gasteiger partial charge on any atom is -0.357 e. The lowest BCUT2D eigenvalue weighted by Crippen LogP contribution is -2.48. The van der Waals surface area contributed by atoms with E-state index in [9.17, 15) is 4.79 Å². The number of carbonyl (C=O) groups excluding carboxylic acids is 1. The topological polar surface area (TPSA) is 75.4 Å². The quantitative estimate of drug-likeness (QED) is 0.932. The molecule has 0 aromatic carbocycles. The first kappa shape index (κ1) is 14.7. The molecule has 22 heavy (non-hydrogen) atoms. The maximum absolute atomic E-state index is 12.6. The molecule has 7 nitrogen and oxygen atoms in total. The maximum Gasteiger partial charge on any atom is 0.245 e. The van der Waals surface area contributed by atoms with Crippen LogP contribution in [0.15, 0.2) is 12.1 Å². The second-order valence-electron chi connectivity index (χ2n) is 5.97. The molecule has 0 unspecified atom stereocenters. The summed E-state index contributed by atoms with van der Waals surface area (Å²) >= 11 is 0. The Kier molecular flexibility index (Phi) is 3.96. The van der Waals surface area contributed by atoms with Crippen molar-refractivity contribution in [3.8, 4) is 0 Å². The van der Waals surface area contributed by atoms with Gasteiger partial charge in [-0.1, -0.05) is 0 Å². The summed E-state index contributed by atoms with van der Waals surface area (Å²) in [5.74, 6) is 1.43. The maximum atomic E-state index is 12.6. The number of aromatic nitrogens is 4. The Bertz CT molecular complexity index is 682. The van der Waals surface area contributed by atoms with Crippen LogP contribution in [0.4, 0.5) is 5.82 Å². The van der Waals surface area contributed by atoms with Crippen molar-refractivity contribution in [2.24, 2.45) is 0 Å². The number of amides is 1. The highest BCUT2D eigenvalue weighted by molar-refractivity contribution is 5.84. The van der Waals surface area contributed by atoms with E-state index in [0.717, 1.165) is 19.4 Å². The van der Waals surface area contributed by atoms with Gasteiger partial charge in [0.1, 0.15) is 17.7 Å². The Balaban J connectivity index is 1.71. The van der Waals surface area contributed by atoms with Gasteiger partial charge in [0.05, 0.1) is 0 Å². The summed E-state index contributed by atoms with van der Waals surface area (Å²) in [4.78, 5) is 18.8. The summed E-state index contributed by atoms with van der Waals surface area (Å²) in [5.41, 5.74) is 0.701. The van der Waals surface area contributed by atoms with Crippen LogP contribution in [0.25, 0.3) is 5.65 Å². The van der Waals surface area contributed by atoms with E-state index in [1.54, 1.807) is 0 Å². The molecule has 1 N–H and O–H groups in total. The lowest BCUT2D eigenvalue weighted by molar-refractivity contribution is -0.134. The highest BCUT2D eigenvalue weighted by Crippen LogP contribution is 2.18. The Morgan fingerprint density at radius 2 is 2.18 bits per heavy atom. The average molecular weight is 302 g/mol. The van der Waals surface area contributed by atoms with Gasteiger partial charge in [-0.3, -0.25) is 4.79 Å². The lowest BCUT2D eigenvalue weighted by atomic mass is 10.0. The zero-order chi connectivity index (χ0) is 15.7. The van der Waals surface area contributed by atoms with Gasteiger partial charge in [-0.2, -0.15) is 0 Å². The Morgan fingerprint density at radius 3 is 2.95 bits per heavy atom. The molecule has 1 amide bonds. The molecule has 1 saturated heterocycles. The molecule has 3 rings (SSSR count). The van der Waals surface area contributed by atoms with Crippen LogP contribution in [0.5, 0.6) is 0 Å². The fourth-order valence-electron chi connectivity index (χ4n) is 2.92. The fraction of sp³-hybridized carbons (Fsp3) is 0.600. The Hall–Kier alpha value is -2.18. The van der Waals surface area contributed by atoms with Crippen LogP contribution >= 0.6 is 0 Å². The minimum atomic E-state index is -0.310. The van der Waals surface area contributed by atoms with Gasteiger partial charge >= 0.3 is 0 Å². The first-order valence-electron chi connectivity index (χ1n) is 7.82. The number of nitrogens with zero attached hydrogens (tertiary/aromatic N) is 5. The van der Waals surface area contributed by atoms with E-state index in [4.69, 9.17) is 0 Å². The zero-order valence-electron chi connectivity index (χ0n) is 13.3. The van der Waals surface area contributed by atoms with Crippen LogP contribution in [-0.4, -0.2) is 49.2 Å². The van der Waals surface area contributed by atoms with E-state index in [2.05, 4.69) is 27.4 Å². The summed E-state index contributed by atoms with van der Waals surface area (Å²) in [5, 5.41) is 11.7. The van der Waals surface area contributed by atoms with Crippen LogP contribution in [0.2, 0.25) is 0 Å². The van der Waals surface area contributed by atoms with Crippen molar-refractivity contribution in [1.29, 1.82) is 0 Å². The molecule has 2 atom stereocenters. The van der Waals surface area contributed by atoms with Crippen molar-refractivity contribution in [3.05, 3.63) is 18.0 Å². The van der Waals surface area contributed by atoms with Gasteiger partial charge in [0, 0.05) is 12.6 Å². The molecular weight excluding hydrogens is 280 g/mol. The summed E-state index contributed by atoms with van der Waals surface area (Å²) in [6.45, 7) is 6.67. The van der Waals surface area contributed by atoms with Crippen molar-refractivity contribution >= 4 is 17.4 Å². The molecule has 1 fully saturated rings. The third-order valence-electron chi connectivity index (χ3n) is 4.13. The van der Waals surface area contributed by atoms with Gasteiger partial charge in [-0.15, -0.1) is 14.8 Å². The molecule has 1 aliphatic rings. The van der Waals surface area contributed by atoms with Gasteiger partial charge in [0.15, 0.2) is 5.65 Å². The molecule has 3 heterocycles. The second-order valence-corrected chi connectivity index (χ2v) is 5.97. The number of hydrogen-bond donors (Lipinski definition) is 1. The second kappa shape index (κ2) is 5.90. The Morgan fingerprint density at radius 1 is 1.36 bits per heavy atom. The summed E-state index contributed by atoms with van der Waals surface area (Å²) in [7, 11) is 0. The molecular formula is C15H22N6O. The van der Waals surface area contributed by atoms with E-state index in [0.29, 0.717) is 23.3 Å². The molecule has 7 heteroatoms. The van der Waals surface area contributed by atoms with E-state index in [1.807, 2.05) is 30.9 Å². The monoisotopic (exact) mass is 302 g/mol. The molecule has 0 saturated carbocycles. The number of carbonyl (C=O) groups is 1. The van der Waals surface area contributed by atoms with Gasteiger partial charge in [0.2, 0.25) is 5.91 Å². The number of hydrogen-bond acceptors (Lipinski definition) is 5. The summed E-state index contributed by atoms with van der Waals surface area (Å²) in [6, 6.07) is 3.68. The normalized spacial score (nSPS) is 20.1. The first-order valence-corrected chi connectivity index (χ1v) is 7.82. The van der Waals surface area contributed by atoms with E-state index >= 15 is 0 Å². The SMILES string of the molecule is Cc1nc2ccc(N[C@@H](C)C(=O)N3CCCC[C@H]3C)nn2n1. The van der Waals surface area contributed by atoms with Crippen molar-refractivity contribution < 1.29 is 4.79 Å². The number of fused-ring (bicyclic) bond motifs is 1. The van der Waals surface area contributed by atoms with Gasteiger partial charge < -0.3 is 10.2 Å². The van der Waals surface area contributed by atoms with Crippen molar-refractivity contribution in [2.75, 3.05) is 11.9 Å². The predicted molar refractivity (Wildman–Crippen MR) is 83.6 cm³/mol. The molecule has 0 radical (unpaired) electrons. The number of anilines is 1. The average Bonchev–Trinajstić information content (AvgIpc) is 2.86. The smallest absolute Gasteiger partial charge is 0.245 e. The number of rotatable bonds is 3. The van der Waals surface area contributed by atoms with Gasteiger partial charge in [-0.25, -0.2) is 4.98 Å². The van der Waals surface area contributed by atoms with Gasteiger partial charge in [-0.05, 0) is 52.2 Å². The van der Waals surface area contributed by atoms with Crippen molar-refractivity contribution in [2.45, 2.75) is 52.1 Å². The van der Waals surface area contributed by atoms with E-state index in [1.165, 1.54) is 11.1 Å². The van der Waals surface area contributed by atoms with Crippen molar-refractivity contribution in [3.63, 3.8) is 0 Å². The van der Waals surface area contributed by atoms with E-state index in [-0.39, 0.29) is 11.9 Å². The highest BCUT2D eigenvalue weighted by Gasteiger charge is 2.27. The van der Waals surface area contributed by atoms with E-state index < -0.39 is 0 Å². The third-order valence-corrected chi connectivity index (χ3v) is 4.13. The summed E-state index contributed by atoms with van der Waals surface area (Å²) in [6.07, 6.45) is 3.38. The van der Waals surface area contributed by atoms with Crippen LogP contribution in [0, 0.1) is 6.92 Å². The molecule has 118 valence electrons. The van der Waals surface area contributed by atoms with Gasteiger partial charge in [0.25, 0.3) is 0 Å². The van der Waals surface area contributed by atoms with Crippen LogP contribution in [0.1, 0.15) is 38.9 Å². The number of likely N-dealkylation sites (tertiary alicyclic amines) is 1. The molecule has 2 aromatic rings. The molecule has 0 spiro atoms. The third kappa shape index (κ3) is 2.88. The molecule has 1 aliphatic heterocycles. The van der Waals surface area contributed by atoms with Crippen LogP contribution in [0.3, 0.4) is 0 Å². The standard InChI is InChI=1S/C15H22N6O/c1-10-6-4-5-9-20(10)15(22)11(2)16-13-7-8-14-17-12(3)18-21(14)19-13/h7-8,10-11H,4-6,9H2,1-3H3,(H,16,19)/t10-,11+/m1/s1. The minimum absolute atomic E-state index is 0.129. The fourth-order valence-corrected chi connectivity index (χ4v) is 2.92. The summed E-state index contributed by atoms with van der Waals surface area (Å²) < 4.78 is 1.48. The first-order chi connectivity index (χ1) is 10.5. The number of aryl methyl sites for hydroxylation is 1. The zero-order valence-corrected chi connectivity index (χ0v) is 13.3. The molecule has 2 aromatic heterocycles. The van der Waals surface area contributed by atoms with Crippen LogP contribution in [-0.2, 0) is 4.79 Å². The highest BCUT2D eigenvalue weighted by atomic mass is 16.2. The van der Waals surface area contributed by atoms with Crippen molar-refractivity contribution in [1.82, 2.24) is 24.7 Å². The largest absolute Gasteiger partial charge is 0.357 e. The lowest BCUT2D eigenvalue weighted by Gasteiger charge is -2.35. The number of nitrogens with one attached hydrogen (secondary N) is 1.